The van der Waals surface area contributed by atoms with Crippen LogP contribution in [0.4, 0.5) is 10.8 Å². The summed E-state index contributed by atoms with van der Waals surface area (Å²) in [6.07, 6.45) is 2.85. The molecule has 2 heterocycles. The van der Waals surface area contributed by atoms with Crippen LogP contribution in [0.1, 0.15) is 6.42 Å². The number of thiazole rings is 1. The van der Waals surface area contributed by atoms with Crippen LogP contribution in [0.5, 0.6) is 11.5 Å². The van der Waals surface area contributed by atoms with Gasteiger partial charge in [-0.2, -0.15) is 0 Å². The van der Waals surface area contributed by atoms with Crippen molar-refractivity contribution in [3.63, 3.8) is 0 Å². The number of carbonyl (C=O) groups excluding carboxylic acids is 1. The Bertz CT molecular complexity index is 701. The molecule has 1 aliphatic rings. The lowest BCUT2D eigenvalue weighted by atomic mass is 10.2. The summed E-state index contributed by atoms with van der Waals surface area (Å²) >= 11 is 1.66. The molecule has 0 saturated carbocycles. The molecule has 1 aromatic heterocycles. The maximum absolute atomic E-state index is 12.4. The Labute approximate surface area is 157 Å². The number of rotatable bonds is 6. The maximum atomic E-state index is 12.4. The quantitative estimate of drug-likeness (QED) is 0.835. The second kappa shape index (κ2) is 8.86. The lowest BCUT2D eigenvalue weighted by Gasteiger charge is -2.21. The summed E-state index contributed by atoms with van der Waals surface area (Å²) in [6, 6.07) is 5.34. The first-order valence-electron chi connectivity index (χ1n) is 8.57. The molecule has 1 fully saturated rings. The van der Waals surface area contributed by atoms with Crippen molar-refractivity contribution >= 4 is 28.1 Å². The van der Waals surface area contributed by atoms with Crippen molar-refractivity contribution in [3.05, 3.63) is 29.8 Å². The van der Waals surface area contributed by atoms with Gasteiger partial charge in [0.25, 0.3) is 0 Å². The zero-order valence-corrected chi connectivity index (χ0v) is 15.9. The van der Waals surface area contributed by atoms with E-state index in [4.69, 9.17) is 9.47 Å². The Morgan fingerprint density at radius 2 is 1.92 bits per heavy atom. The minimum Gasteiger partial charge on any atom is -0.497 e. The average molecular weight is 376 g/mol. The van der Waals surface area contributed by atoms with Crippen molar-refractivity contribution in [2.45, 2.75) is 6.42 Å². The highest BCUT2D eigenvalue weighted by atomic mass is 32.1. The lowest BCUT2D eigenvalue weighted by Crippen LogP contribution is -2.36. The van der Waals surface area contributed by atoms with Gasteiger partial charge in [-0.05, 0) is 6.42 Å². The number of aromatic nitrogens is 1. The van der Waals surface area contributed by atoms with Crippen LogP contribution in [0.2, 0.25) is 0 Å². The number of anilines is 2. The minimum absolute atomic E-state index is 0.0389. The van der Waals surface area contributed by atoms with Gasteiger partial charge < -0.3 is 19.7 Å². The molecule has 3 rings (SSSR count). The monoisotopic (exact) mass is 376 g/mol. The van der Waals surface area contributed by atoms with Gasteiger partial charge >= 0.3 is 0 Å². The molecule has 1 saturated heterocycles. The predicted molar refractivity (Wildman–Crippen MR) is 104 cm³/mol. The number of nitrogens with one attached hydrogen (secondary N) is 1. The van der Waals surface area contributed by atoms with Gasteiger partial charge in [0, 0.05) is 61.6 Å². The van der Waals surface area contributed by atoms with Gasteiger partial charge in [-0.3, -0.25) is 9.69 Å². The Kier molecular flexibility index (Phi) is 6.30. The first kappa shape index (κ1) is 18.5. The van der Waals surface area contributed by atoms with Crippen molar-refractivity contribution < 1.29 is 14.3 Å². The zero-order chi connectivity index (χ0) is 18.4. The summed E-state index contributed by atoms with van der Waals surface area (Å²) in [5.74, 6) is 1.25. The second-order valence-corrected chi connectivity index (χ2v) is 6.95. The Hall–Kier alpha value is -2.32. The first-order valence-corrected chi connectivity index (χ1v) is 9.45. The topological polar surface area (TPSA) is 66.9 Å². The SMILES string of the molecule is COc1cc(NC(=O)CN2CCCN(c3nccs3)CC2)cc(OC)c1. The van der Waals surface area contributed by atoms with Gasteiger partial charge in [0.05, 0.1) is 20.8 Å². The van der Waals surface area contributed by atoms with Crippen LogP contribution in [-0.4, -0.2) is 62.7 Å². The van der Waals surface area contributed by atoms with E-state index in [1.54, 1.807) is 43.8 Å². The van der Waals surface area contributed by atoms with E-state index in [0.29, 0.717) is 23.7 Å². The third kappa shape index (κ3) is 4.86. The van der Waals surface area contributed by atoms with Crippen molar-refractivity contribution in [2.24, 2.45) is 0 Å². The molecule has 8 heteroatoms. The van der Waals surface area contributed by atoms with Gasteiger partial charge in [-0.15, -0.1) is 11.3 Å². The molecule has 0 radical (unpaired) electrons. The standard InChI is InChI=1S/C18H24N4O3S/c1-24-15-10-14(11-16(12-15)25-2)20-17(23)13-21-5-3-6-22(8-7-21)18-19-4-9-26-18/h4,9-12H,3,5-8,13H2,1-2H3,(H,20,23). The Morgan fingerprint density at radius 1 is 1.15 bits per heavy atom. The van der Waals surface area contributed by atoms with Crippen LogP contribution >= 0.6 is 11.3 Å². The molecule has 0 bridgehead atoms. The Morgan fingerprint density at radius 3 is 2.58 bits per heavy atom. The third-order valence-corrected chi connectivity index (χ3v) is 5.11. The highest BCUT2D eigenvalue weighted by molar-refractivity contribution is 7.13. The Balaban J connectivity index is 1.55. The van der Waals surface area contributed by atoms with Crippen molar-refractivity contribution in [1.29, 1.82) is 0 Å². The fraction of sp³-hybridized carbons (Fsp3) is 0.444. The number of carbonyl (C=O) groups is 1. The second-order valence-electron chi connectivity index (χ2n) is 6.08. The maximum Gasteiger partial charge on any atom is 0.238 e. The van der Waals surface area contributed by atoms with Gasteiger partial charge in [0.15, 0.2) is 5.13 Å². The number of amides is 1. The number of ether oxygens (including phenoxy) is 2. The van der Waals surface area contributed by atoms with E-state index in [1.807, 2.05) is 11.6 Å². The van der Waals surface area contributed by atoms with E-state index < -0.39 is 0 Å². The largest absolute Gasteiger partial charge is 0.497 e. The predicted octanol–water partition coefficient (Wildman–Crippen LogP) is 2.31. The number of benzene rings is 1. The molecular formula is C18H24N4O3S. The van der Waals surface area contributed by atoms with E-state index in [9.17, 15) is 4.79 Å². The summed E-state index contributed by atoms with van der Waals surface area (Å²) in [5, 5.41) is 5.98. The normalized spacial score (nSPS) is 15.4. The molecule has 140 valence electrons. The van der Waals surface area contributed by atoms with Crippen LogP contribution in [-0.2, 0) is 4.79 Å². The molecule has 0 atom stereocenters. The van der Waals surface area contributed by atoms with Gasteiger partial charge in [0.2, 0.25) is 5.91 Å². The van der Waals surface area contributed by atoms with Crippen LogP contribution in [0, 0.1) is 0 Å². The third-order valence-electron chi connectivity index (χ3n) is 4.28. The van der Waals surface area contributed by atoms with Gasteiger partial charge in [-0.1, -0.05) is 0 Å². The van der Waals surface area contributed by atoms with Crippen molar-refractivity contribution in [1.82, 2.24) is 9.88 Å². The van der Waals surface area contributed by atoms with E-state index in [0.717, 1.165) is 37.7 Å². The molecule has 26 heavy (non-hydrogen) atoms. The zero-order valence-electron chi connectivity index (χ0n) is 15.1. The number of methoxy groups -OCH3 is 2. The molecule has 1 aromatic carbocycles. The van der Waals surface area contributed by atoms with Crippen LogP contribution in [0.25, 0.3) is 0 Å². The molecule has 2 aromatic rings. The van der Waals surface area contributed by atoms with E-state index >= 15 is 0 Å². The number of hydrogen-bond donors (Lipinski definition) is 1. The molecule has 1 amide bonds. The fourth-order valence-electron chi connectivity index (χ4n) is 2.98. The lowest BCUT2D eigenvalue weighted by molar-refractivity contribution is -0.117. The first-order chi connectivity index (χ1) is 12.7. The van der Waals surface area contributed by atoms with Crippen molar-refractivity contribution in [2.75, 3.05) is 57.2 Å². The molecule has 0 spiro atoms. The molecule has 1 N–H and O–H groups in total. The molecule has 0 unspecified atom stereocenters. The van der Waals surface area contributed by atoms with Crippen LogP contribution < -0.4 is 19.7 Å². The van der Waals surface area contributed by atoms with Gasteiger partial charge in [-0.25, -0.2) is 4.98 Å². The van der Waals surface area contributed by atoms with E-state index in [2.05, 4.69) is 20.1 Å². The minimum atomic E-state index is -0.0389. The van der Waals surface area contributed by atoms with Crippen LogP contribution in [0.15, 0.2) is 29.8 Å². The van der Waals surface area contributed by atoms with Crippen molar-refractivity contribution in [3.8, 4) is 11.5 Å². The highest BCUT2D eigenvalue weighted by Crippen LogP contribution is 2.25. The summed E-state index contributed by atoms with van der Waals surface area (Å²) in [6.45, 7) is 3.96. The summed E-state index contributed by atoms with van der Waals surface area (Å²) in [7, 11) is 3.18. The fourth-order valence-corrected chi connectivity index (χ4v) is 3.67. The van der Waals surface area contributed by atoms with Gasteiger partial charge in [0.1, 0.15) is 11.5 Å². The molecular weight excluding hydrogens is 352 g/mol. The highest BCUT2D eigenvalue weighted by Gasteiger charge is 2.18. The van der Waals surface area contributed by atoms with Crippen LogP contribution in [0.3, 0.4) is 0 Å². The van der Waals surface area contributed by atoms with E-state index in [1.165, 1.54) is 0 Å². The summed E-state index contributed by atoms with van der Waals surface area (Å²) in [4.78, 5) is 21.3. The molecule has 1 aliphatic heterocycles. The van der Waals surface area contributed by atoms with E-state index in [-0.39, 0.29) is 5.91 Å². The average Bonchev–Trinajstić information content (AvgIpc) is 3.08. The smallest absolute Gasteiger partial charge is 0.238 e. The summed E-state index contributed by atoms with van der Waals surface area (Å²) < 4.78 is 10.5. The summed E-state index contributed by atoms with van der Waals surface area (Å²) in [5.41, 5.74) is 0.672. The number of hydrogen-bond acceptors (Lipinski definition) is 7. The molecule has 7 nitrogen and oxygen atoms in total. The number of nitrogens with zero attached hydrogens (tertiary/aromatic N) is 3. The molecule has 0 aliphatic carbocycles.